The van der Waals surface area contributed by atoms with Crippen LogP contribution < -0.4 is 18.9 Å². The van der Waals surface area contributed by atoms with Gasteiger partial charge in [0.15, 0.2) is 11.5 Å². The van der Waals surface area contributed by atoms with E-state index in [4.69, 9.17) is 28.4 Å². The number of unbranched alkanes of at least 4 members (excludes halogenated alkanes) is 1. The van der Waals surface area contributed by atoms with Gasteiger partial charge in [0.1, 0.15) is 17.3 Å². The van der Waals surface area contributed by atoms with E-state index in [0.717, 1.165) is 22.8 Å². The van der Waals surface area contributed by atoms with Gasteiger partial charge in [-0.15, -0.1) is 0 Å². The van der Waals surface area contributed by atoms with E-state index in [2.05, 4.69) is 6.58 Å². The Hall–Kier alpha value is -5.05. The molecule has 0 unspecified atom stereocenters. The minimum atomic E-state index is -0.577. The van der Waals surface area contributed by atoms with Gasteiger partial charge in [-0.05, 0) is 105 Å². The molecule has 3 rings (SSSR count). The molecule has 0 N–H and O–H groups in total. The molecule has 0 saturated heterocycles. The van der Waals surface area contributed by atoms with Crippen LogP contribution >= 0.6 is 0 Å². The van der Waals surface area contributed by atoms with Crippen molar-refractivity contribution >= 4 is 23.7 Å². The van der Waals surface area contributed by atoms with Crippen LogP contribution in [-0.4, -0.2) is 45.3 Å². The molecule has 3 aromatic carbocycles. The Morgan fingerprint density at radius 1 is 0.778 bits per heavy atom. The van der Waals surface area contributed by atoms with E-state index in [0.29, 0.717) is 72.2 Å². The number of carbonyl (C=O) groups is 3. The molecule has 0 aliphatic carbocycles. The Bertz CT molecular complexity index is 1550. The summed E-state index contributed by atoms with van der Waals surface area (Å²) < 4.78 is 33.2. The zero-order valence-electron chi connectivity index (χ0n) is 26.7. The number of hydrogen-bond donors (Lipinski definition) is 0. The van der Waals surface area contributed by atoms with Gasteiger partial charge in [-0.25, -0.2) is 14.4 Å². The Balaban J connectivity index is 1.69. The lowest BCUT2D eigenvalue weighted by molar-refractivity contribution is -0.137. The van der Waals surface area contributed by atoms with Gasteiger partial charge < -0.3 is 28.4 Å². The van der Waals surface area contributed by atoms with Gasteiger partial charge in [0.2, 0.25) is 0 Å². The third kappa shape index (κ3) is 9.47. The molecule has 0 aliphatic rings. The molecular formula is C36H40O9. The Labute approximate surface area is 264 Å². The summed E-state index contributed by atoms with van der Waals surface area (Å²) in [6, 6.07) is 15.1. The molecule has 0 aromatic heterocycles. The molecule has 0 amide bonds. The second-order valence-electron chi connectivity index (χ2n) is 10.2. The van der Waals surface area contributed by atoms with E-state index >= 15 is 0 Å². The lowest BCUT2D eigenvalue weighted by atomic mass is 10.0. The fraction of sp³-hybridized carbons (Fsp3) is 0.306. The number of ether oxygens (including phenoxy) is 6. The maximum atomic E-state index is 13.3. The summed E-state index contributed by atoms with van der Waals surface area (Å²) in [4.78, 5) is 37.3. The quantitative estimate of drug-likeness (QED) is 0.0567. The molecule has 0 spiro atoms. The van der Waals surface area contributed by atoms with E-state index in [-0.39, 0.29) is 5.75 Å². The monoisotopic (exact) mass is 616 g/mol. The predicted molar refractivity (Wildman–Crippen MR) is 171 cm³/mol. The molecule has 0 saturated carbocycles. The summed E-state index contributed by atoms with van der Waals surface area (Å²) in [6.07, 6.45) is 3.12. The number of aryl methyl sites for hydroxylation is 2. The minimum absolute atomic E-state index is 0.211. The van der Waals surface area contributed by atoms with Crippen molar-refractivity contribution in [3.8, 4) is 23.0 Å². The summed E-state index contributed by atoms with van der Waals surface area (Å²) in [5.74, 6) is 0.559. The normalized spacial score (nSPS) is 11.2. The molecular weight excluding hydrogens is 576 g/mol. The van der Waals surface area contributed by atoms with Crippen LogP contribution in [0.25, 0.3) is 5.76 Å². The molecule has 0 heterocycles. The van der Waals surface area contributed by atoms with E-state index in [1.807, 2.05) is 33.8 Å². The van der Waals surface area contributed by atoms with Crippen LogP contribution in [0.3, 0.4) is 0 Å². The van der Waals surface area contributed by atoms with Gasteiger partial charge in [0.05, 0.1) is 38.6 Å². The maximum Gasteiger partial charge on any atom is 0.343 e. The number of methoxy groups -OCH3 is 2. The highest BCUT2D eigenvalue weighted by molar-refractivity contribution is 5.95. The highest BCUT2D eigenvalue weighted by atomic mass is 16.6. The minimum Gasteiger partial charge on any atom is -0.496 e. The molecule has 238 valence electrons. The van der Waals surface area contributed by atoms with Crippen molar-refractivity contribution < 1.29 is 42.8 Å². The fourth-order valence-electron chi connectivity index (χ4n) is 4.34. The summed E-state index contributed by atoms with van der Waals surface area (Å²) in [6.45, 7) is 11.7. The van der Waals surface area contributed by atoms with E-state index in [9.17, 15) is 14.4 Å². The number of benzene rings is 3. The third-order valence-corrected chi connectivity index (χ3v) is 7.01. The van der Waals surface area contributed by atoms with Gasteiger partial charge in [0.25, 0.3) is 0 Å². The Morgan fingerprint density at radius 3 is 2.09 bits per heavy atom. The predicted octanol–water partition coefficient (Wildman–Crippen LogP) is 7.43. The summed E-state index contributed by atoms with van der Waals surface area (Å²) >= 11 is 0. The van der Waals surface area contributed by atoms with Gasteiger partial charge in [-0.3, -0.25) is 0 Å². The van der Waals surface area contributed by atoms with Crippen LogP contribution in [0.5, 0.6) is 23.0 Å². The number of esters is 3. The topological polar surface area (TPSA) is 107 Å². The smallest absolute Gasteiger partial charge is 0.343 e. The number of carbonyl (C=O) groups excluding carboxylic acids is 3. The molecule has 0 aliphatic heterocycles. The lowest BCUT2D eigenvalue weighted by Crippen LogP contribution is -2.10. The largest absolute Gasteiger partial charge is 0.496 e. The van der Waals surface area contributed by atoms with Gasteiger partial charge in [0, 0.05) is 11.6 Å². The molecule has 0 bridgehead atoms. The zero-order valence-corrected chi connectivity index (χ0v) is 26.7. The number of hydrogen-bond acceptors (Lipinski definition) is 9. The van der Waals surface area contributed by atoms with Gasteiger partial charge >= 0.3 is 17.9 Å². The van der Waals surface area contributed by atoms with Crippen molar-refractivity contribution in [2.45, 2.75) is 47.0 Å². The van der Waals surface area contributed by atoms with Crippen molar-refractivity contribution in [3.05, 3.63) is 101 Å². The molecule has 3 aromatic rings. The third-order valence-electron chi connectivity index (χ3n) is 7.01. The van der Waals surface area contributed by atoms with Crippen LogP contribution in [0.1, 0.15) is 70.5 Å². The Morgan fingerprint density at radius 2 is 1.44 bits per heavy atom. The van der Waals surface area contributed by atoms with Crippen molar-refractivity contribution in [3.63, 3.8) is 0 Å². The second kappa shape index (κ2) is 16.7. The van der Waals surface area contributed by atoms with Crippen molar-refractivity contribution in [1.82, 2.24) is 0 Å². The van der Waals surface area contributed by atoms with Crippen LogP contribution in [0, 0.1) is 13.8 Å². The number of rotatable bonds is 15. The molecule has 0 fully saturated rings. The van der Waals surface area contributed by atoms with Crippen molar-refractivity contribution in [2.75, 3.05) is 27.4 Å². The molecule has 9 nitrogen and oxygen atoms in total. The zero-order chi connectivity index (χ0) is 32.9. The first-order valence-corrected chi connectivity index (χ1v) is 14.6. The van der Waals surface area contributed by atoms with Crippen molar-refractivity contribution in [2.24, 2.45) is 0 Å². The van der Waals surface area contributed by atoms with Crippen LogP contribution in [0.15, 0.2) is 72.8 Å². The number of allylic oxidation sites excluding steroid dienone is 1. The van der Waals surface area contributed by atoms with Gasteiger partial charge in [-0.2, -0.15) is 0 Å². The second-order valence-corrected chi connectivity index (χ2v) is 10.2. The summed E-state index contributed by atoms with van der Waals surface area (Å²) in [5, 5.41) is 0. The standard InChI is InChI=1S/C36H40O9/c1-8-23(3)34(45-36(39)29-22-31(40-6)25(5)20-24(29)4)27-14-17-30(32(21-27)41-7)44-35(38)26-12-15-28(16-13-26)42-18-10-11-19-43-33(37)9-2/h9,12-17,20-22H,2,8,10-11,18-19H2,1,3-7H3/b34-23-. The van der Waals surface area contributed by atoms with Crippen molar-refractivity contribution in [1.29, 1.82) is 0 Å². The van der Waals surface area contributed by atoms with E-state index in [1.54, 1.807) is 55.6 Å². The molecule has 0 radical (unpaired) electrons. The maximum absolute atomic E-state index is 13.3. The van der Waals surface area contributed by atoms with Crippen LogP contribution in [-0.2, 0) is 14.3 Å². The first kappa shape index (κ1) is 34.4. The highest BCUT2D eigenvalue weighted by Gasteiger charge is 2.20. The fourth-order valence-corrected chi connectivity index (χ4v) is 4.34. The highest BCUT2D eigenvalue weighted by Crippen LogP contribution is 2.34. The first-order valence-electron chi connectivity index (χ1n) is 14.6. The van der Waals surface area contributed by atoms with Crippen LogP contribution in [0.2, 0.25) is 0 Å². The molecule has 9 heteroatoms. The summed E-state index contributed by atoms with van der Waals surface area (Å²) in [5.41, 5.74) is 3.87. The van der Waals surface area contributed by atoms with E-state index in [1.165, 1.54) is 7.11 Å². The summed E-state index contributed by atoms with van der Waals surface area (Å²) in [7, 11) is 3.03. The lowest BCUT2D eigenvalue weighted by Gasteiger charge is -2.17. The molecule has 45 heavy (non-hydrogen) atoms. The first-order chi connectivity index (χ1) is 21.6. The average molecular weight is 617 g/mol. The van der Waals surface area contributed by atoms with Gasteiger partial charge in [-0.1, -0.05) is 19.6 Å². The van der Waals surface area contributed by atoms with E-state index < -0.39 is 17.9 Å². The average Bonchev–Trinajstić information content (AvgIpc) is 3.05. The van der Waals surface area contributed by atoms with Crippen LogP contribution in [0.4, 0.5) is 0 Å². The SMILES string of the molecule is C=CC(=O)OCCCCOc1ccc(C(=O)Oc2ccc(/C(OC(=O)c3cc(OC)c(C)cc3C)=C(\C)CC)cc2OC)cc1. The Kier molecular flexibility index (Phi) is 12.8. The molecule has 0 atom stereocenters.